The number of fused-ring (bicyclic) bond motifs is 1. The van der Waals surface area contributed by atoms with Crippen LogP contribution in [0.1, 0.15) is 80.7 Å². The highest BCUT2D eigenvalue weighted by Crippen LogP contribution is 2.47. The fourth-order valence-corrected chi connectivity index (χ4v) is 6.07. The van der Waals surface area contributed by atoms with E-state index in [-0.39, 0.29) is 13.2 Å². The van der Waals surface area contributed by atoms with Gasteiger partial charge >= 0.3 is 6.09 Å². The zero-order chi connectivity index (χ0) is 27.5. The van der Waals surface area contributed by atoms with E-state index in [2.05, 4.69) is 43.3 Å². The van der Waals surface area contributed by atoms with Crippen molar-refractivity contribution in [1.82, 2.24) is 4.90 Å². The van der Waals surface area contributed by atoms with Gasteiger partial charge in [-0.2, -0.15) is 8.42 Å². The average molecular weight is 540 g/mol. The summed E-state index contributed by atoms with van der Waals surface area (Å²) in [5, 5.41) is 0. The molecule has 0 atom stereocenters. The van der Waals surface area contributed by atoms with Gasteiger partial charge in [0.25, 0.3) is 10.1 Å². The maximum Gasteiger partial charge on any atom is 0.410 e. The summed E-state index contributed by atoms with van der Waals surface area (Å²) in [4.78, 5) is 14.7. The Morgan fingerprint density at radius 2 is 1.74 bits per heavy atom. The fraction of sp³-hybridized carbons (Fsp3) is 0.516. The predicted octanol–water partition coefficient (Wildman–Crippen LogP) is 6.76. The molecule has 1 amide bonds. The van der Waals surface area contributed by atoms with Crippen molar-refractivity contribution in [1.29, 1.82) is 0 Å². The first-order valence-corrected chi connectivity index (χ1v) is 15.5. The van der Waals surface area contributed by atoms with Crippen molar-refractivity contribution in [2.75, 3.05) is 19.4 Å². The molecule has 6 nitrogen and oxygen atoms in total. The Labute approximate surface area is 228 Å². The van der Waals surface area contributed by atoms with Gasteiger partial charge in [0.15, 0.2) is 0 Å². The van der Waals surface area contributed by atoms with Crippen LogP contribution in [0.3, 0.4) is 0 Å². The summed E-state index contributed by atoms with van der Waals surface area (Å²) in [7, 11) is -3.61. The number of rotatable bonds is 8. The van der Waals surface area contributed by atoms with Crippen molar-refractivity contribution in [2.45, 2.75) is 78.4 Å². The molecule has 0 N–H and O–H groups in total. The molecule has 0 aromatic heterocycles. The van der Waals surface area contributed by atoms with Crippen LogP contribution in [-0.2, 0) is 32.0 Å². The first kappa shape index (κ1) is 28.4. The van der Waals surface area contributed by atoms with Crippen molar-refractivity contribution < 1.29 is 22.1 Å². The van der Waals surface area contributed by atoms with Crippen LogP contribution in [0, 0.1) is 12.8 Å². The molecule has 0 unspecified atom stereocenters. The highest BCUT2D eigenvalue weighted by molar-refractivity contribution is 7.85. The topological polar surface area (TPSA) is 72.9 Å². The Bertz CT molecular complexity index is 1300. The third kappa shape index (κ3) is 7.26. The van der Waals surface area contributed by atoms with Gasteiger partial charge in [0.1, 0.15) is 5.60 Å². The van der Waals surface area contributed by atoms with E-state index in [1.807, 2.05) is 26.8 Å². The quantitative estimate of drug-likeness (QED) is 0.347. The van der Waals surface area contributed by atoms with Crippen LogP contribution in [0.4, 0.5) is 4.79 Å². The minimum Gasteiger partial charge on any atom is -0.444 e. The Kier molecular flexibility index (Phi) is 8.68. The number of carbonyl (C=O) groups is 1. The van der Waals surface area contributed by atoms with Gasteiger partial charge in [-0.1, -0.05) is 67.3 Å². The van der Waals surface area contributed by atoms with Crippen LogP contribution in [0.5, 0.6) is 0 Å². The zero-order valence-corrected chi connectivity index (χ0v) is 24.2. The van der Waals surface area contributed by atoms with E-state index in [9.17, 15) is 13.2 Å². The molecule has 2 aliphatic carbocycles. The maximum absolute atomic E-state index is 13.2. The maximum atomic E-state index is 13.2. The summed E-state index contributed by atoms with van der Waals surface area (Å²) in [5.74, 6) is 0.542. The van der Waals surface area contributed by atoms with Gasteiger partial charge in [0.2, 0.25) is 0 Å². The van der Waals surface area contributed by atoms with Crippen LogP contribution < -0.4 is 0 Å². The molecule has 0 bridgehead atoms. The molecule has 206 valence electrons. The van der Waals surface area contributed by atoms with Crippen LogP contribution in [0.15, 0.2) is 42.5 Å². The lowest BCUT2D eigenvalue weighted by Crippen LogP contribution is -2.38. The van der Waals surface area contributed by atoms with E-state index in [4.69, 9.17) is 8.92 Å². The third-order valence-corrected chi connectivity index (χ3v) is 7.87. The molecule has 38 heavy (non-hydrogen) atoms. The van der Waals surface area contributed by atoms with Gasteiger partial charge in [0, 0.05) is 13.1 Å². The lowest BCUT2D eigenvalue weighted by atomic mass is 9.79. The van der Waals surface area contributed by atoms with Gasteiger partial charge in [-0.15, -0.1) is 0 Å². The van der Waals surface area contributed by atoms with Crippen molar-refractivity contribution in [2.24, 2.45) is 5.92 Å². The molecule has 4 rings (SSSR count). The van der Waals surface area contributed by atoms with Crippen LogP contribution in [-0.4, -0.2) is 44.4 Å². The van der Waals surface area contributed by atoms with Gasteiger partial charge in [-0.3, -0.25) is 4.18 Å². The lowest BCUT2D eigenvalue weighted by Gasteiger charge is -2.29. The number of carbonyl (C=O) groups excluding carboxylic acids is 1. The summed E-state index contributed by atoms with van der Waals surface area (Å²) >= 11 is 0. The van der Waals surface area contributed by atoms with Crippen molar-refractivity contribution >= 4 is 27.4 Å². The number of ether oxygens (including phenoxy) is 1. The Morgan fingerprint density at radius 1 is 1.03 bits per heavy atom. The second kappa shape index (κ2) is 11.6. The van der Waals surface area contributed by atoms with E-state index in [0.29, 0.717) is 12.5 Å². The Hall–Kier alpha value is -2.64. The minimum absolute atomic E-state index is 0.101. The zero-order valence-electron chi connectivity index (χ0n) is 23.4. The highest BCUT2D eigenvalue weighted by atomic mass is 32.2. The highest BCUT2D eigenvalue weighted by Gasteiger charge is 2.31. The number of aryl methyl sites for hydroxylation is 1. The number of benzene rings is 2. The molecule has 0 heterocycles. The molecule has 0 radical (unpaired) electrons. The van der Waals surface area contributed by atoms with Crippen molar-refractivity contribution in [3.8, 4) is 0 Å². The number of hydrogen-bond donors (Lipinski definition) is 0. The molecular weight excluding hydrogens is 498 g/mol. The number of nitrogens with zero attached hydrogens (tertiary/aromatic N) is 1. The second-order valence-electron chi connectivity index (χ2n) is 11.6. The fourth-order valence-electron chi connectivity index (χ4n) is 5.70. The SMILES string of the molecule is Cc1ccc2c(c1)CC(c1ccccc1CN(CCOS(C)(=O)=O)C(=O)OC(C)(C)C)=C2C1CCCCC1. The Morgan fingerprint density at radius 3 is 2.42 bits per heavy atom. The van der Waals surface area contributed by atoms with Crippen LogP contribution >= 0.6 is 0 Å². The molecular formula is C31H41NO5S. The summed E-state index contributed by atoms with van der Waals surface area (Å²) in [6.07, 6.45) is 7.64. The van der Waals surface area contributed by atoms with E-state index >= 15 is 0 Å². The predicted molar refractivity (Wildman–Crippen MR) is 152 cm³/mol. The largest absolute Gasteiger partial charge is 0.444 e. The van der Waals surface area contributed by atoms with E-state index in [1.54, 1.807) is 4.90 Å². The molecule has 0 aliphatic heterocycles. The molecule has 0 saturated heterocycles. The summed E-state index contributed by atoms with van der Waals surface area (Å²) in [6.45, 7) is 7.89. The number of amides is 1. The first-order chi connectivity index (χ1) is 17.9. The summed E-state index contributed by atoms with van der Waals surface area (Å²) < 4.78 is 33.7. The van der Waals surface area contributed by atoms with Crippen molar-refractivity contribution in [3.63, 3.8) is 0 Å². The van der Waals surface area contributed by atoms with Gasteiger partial charge < -0.3 is 9.64 Å². The monoisotopic (exact) mass is 539 g/mol. The molecule has 1 fully saturated rings. The van der Waals surface area contributed by atoms with Crippen LogP contribution in [0.2, 0.25) is 0 Å². The van der Waals surface area contributed by atoms with Gasteiger partial charge in [0.05, 0.1) is 12.9 Å². The Balaban J connectivity index is 1.70. The smallest absolute Gasteiger partial charge is 0.410 e. The third-order valence-electron chi connectivity index (χ3n) is 7.27. The standard InChI is InChI=1S/C31H41NO5S/c1-22-15-16-27-25(19-22)20-28(29(27)23-11-7-6-8-12-23)26-14-10-9-13-24(26)21-32(17-18-36-38(5,34)35)30(33)37-31(2,3)4/h9-10,13-16,19,23H,6-8,11-12,17-18,20-21H2,1-5H3. The average Bonchev–Trinajstić information content (AvgIpc) is 3.20. The van der Waals surface area contributed by atoms with E-state index in [1.165, 1.54) is 59.9 Å². The van der Waals surface area contributed by atoms with E-state index in [0.717, 1.165) is 23.8 Å². The van der Waals surface area contributed by atoms with E-state index < -0.39 is 21.8 Å². The molecule has 2 aromatic carbocycles. The summed E-state index contributed by atoms with van der Waals surface area (Å²) in [6, 6.07) is 15.1. The molecule has 7 heteroatoms. The summed E-state index contributed by atoms with van der Waals surface area (Å²) in [5.41, 5.74) is 8.34. The number of allylic oxidation sites excluding steroid dienone is 2. The van der Waals surface area contributed by atoms with Gasteiger partial charge in [-0.05, 0) is 86.3 Å². The minimum atomic E-state index is -3.61. The molecule has 1 saturated carbocycles. The van der Waals surface area contributed by atoms with Gasteiger partial charge in [-0.25, -0.2) is 4.79 Å². The lowest BCUT2D eigenvalue weighted by molar-refractivity contribution is 0.0210. The first-order valence-electron chi connectivity index (χ1n) is 13.6. The number of hydrogen-bond acceptors (Lipinski definition) is 5. The second-order valence-corrected chi connectivity index (χ2v) is 13.3. The normalized spacial score (nSPS) is 16.4. The molecule has 0 spiro atoms. The molecule has 2 aromatic rings. The molecule has 2 aliphatic rings. The van der Waals surface area contributed by atoms with Crippen LogP contribution in [0.25, 0.3) is 11.1 Å². The van der Waals surface area contributed by atoms with Crippen molar-refractivity contribution in [3.05, 3.63) is 70.3 Å².